The zero-order chi connectivity index (χ0) is 16.8. The lowest BCUT2D eigenvalue weighted by Crippen LogP contribution is -2.36. The highest BCUT2D eigenvalue weighted by molar-refractivity contribution is 9.10. The van der Waals surface area contributed by atoms with Gasteiger partial charge in [0.1, 0.15) is 5.92 Å². The van der Waals surface area contributed by atoms with Gasteiger partial charge in [-0.2, -0.15) is 0 Å². The van der Waals surface area contributed by atoms with Crippen LogP contribution in [0.2, 0.25) is 0 Å². The van der Waals surface area contributed by atoms with Crippen molar-refractivity contribution >= 4 is 27.8 Å². The van der Waals surface area contributed by atoms with Crippen LogP contribution in [0, 0.1) is 5.92 Å². The highest BCUT2D eigenvalue weighted by Crippen LogP contribution is 2.23. The Labute approximate surface area is 142 Å². The molecule has 0 aliphatic heterocycles. The number of hydrogen-bond acceptors (Lipinski definition) is 3. The minimum atomic E-state index is -1.21. The number of hydrogen-bond donors (Lipinski definition) is 3. The van der Waals surface area contributed by atoms with Crippen molar-refractivity contribution in [1.82, 2.24) is 5.32 Å². The second-order valence-electron chi connectivity index (χ2n) is 5.02. The van der Waals surface area contributed by atoms with E-state index in [0.29, 0.717) is 11.1 Å². The van der Waals surface area contributed by atoms with E-state index >= 15 is 0 Å². The van der Waals surface area contributed by atoms with Crippen molar-refractivity contribution in [2.75, 3.05) is 6.54 Å². The topological polar surface area (TPSA) is 86.6 Å². The summed E-state index contributed by atoms with van der Waals surface area (Å²) in [6.07, 6.45) is -1.21. The van der Waals surface area contributed by atoms with Gasteiger partial charge in [-0.25, -0.2) is 0 Å². The van der Waals surface area contributed by atoms with E-state index in [1.165, 1.54) is 0 Å². The minimum Gasteiger partial charge on any atom is -0.481 e. The van der Waals surface area contributed by atoms with Crippen LogP contribution in [-0.2, 0) is 4.79 Å². The molecule has 5 nitrogen and oxygen atoms in total. The third-order valence-corrected chi connectivity index (χ3v) is 3.96. The summed E-state index contributed by atoms with van der Waals surface area (Å²) < 4.78 is 0.831. The summed E-state index contributed by atoms with van der Waals surface area (Å²) in [4.78, 5) is 23.4. The van der Waals surface area contributed by atoms with Gasteiger partial charge in [0.25, 0.3) is 5.91 Å². The molecule has 0 saturated heterocycles. The third-order valence-electron chi connectivity index (χ3n) is 3.43. The maximum atomic E-state index is 12.0. The van der Waals surface area contributed by atoms with Crippen molar-refractivity contribution in [3.8, 4) is 0 Å². The third kappa shape index (κ3) is 4.64. The Hall–Kier alpha value is -2.18. The van der Waals surface area contributed by atoms with Crippen molar-refractivity contribution in [3.63, 3.8) is 0 Å². The molecule has 0 radical (unpaired) electrons. The fourth-order valence-corrected chi connectivity index (χ4v) is 2.38. The second-order valence-corrected chi connectivity index (χ2v) is 5.93. The highest BCUT2D eigenvalue weighted by atomic mass is 79.9. The monoisotopic (exact) mass is 377 g/mol. The smallest absolute Gasteiger partial charge is 0.311 e. The molecule has 0 spiro atoms. The fourth-order valence-electron chi connectivity index (χ4n) is 2.12. The molecule has 0 heterocycles. The van der Waals surface area contributed by atoms with E-state index in [1.807, 2.05) is 0 Å². The Kier molecular flexibility index (Phi) is 5.90. The molecule has 2 aromatic carbocycles. The number of aliphatic hydroxyl groups is 1. The molecule has 2 unspecified atom stereocenters. The summed E-state index contributed by atoms with van der Waals surface area (Å²) in [6, 6.07) is 15.2. The van der Waals surface area contributed by atoms with Crippen LogP contribution < -0.4 is 5.32 Å². The normalized spacial score (nSPS) is 13.1. The Morgan fingerprint density at radius 2 is 1.65 bits per heavy atom. The molecule has 6 heteroatoms. The van der Waals surface area contributed by atoms with Crippen LogP contribution >= 0.6 is 15.9 Å². The molecular formula is C17H16BrNO4. The number of aliphatic carboxylic acids is 1. The Morgan fingerprint density at radius 3 is 2.22 bits per heavy atom. The standard InChI is InChI=1S/C17H16BrNO4/c18-13-8-6-11(7-9-13)15(20)14(17(22)23)10-19-16(21)12-4-2-1-3-5-12/h1-9,14-15,20H,10H2,(H,19,21)(H,22,23). The van der Waals surface area contributed by atoms with Crippen molar-refractivity contribution in [1.29, 1.82) is 0 Å². The van der Waals surface area contributed by atoms with Gasteiger partial charge in [0, 0.05) is 16.6 Å². The average Bonchev–Trinajstić information content (AvgIpc) is 2.55. The van der Waals surface area contributed by atoms with Crippen LogP contribution in [-0.4, -0.2) is 28.6 Å². The van der Waals surface area contributed by atoms with Crippen LogP contribution in [0.15, 0.2) is 59.1 Å². The first kappa shape index (κ1) is 17.2. The minimum absolute atomic E-state index is 0.166. The van der Waals surface area contributed by atoms with Crippen LogP contribution in [0.25, 0.3) is 0 Å². The predicted molar refractivity (Wildman–Crippen MR) is 89.0 cm³/mol. The number of carboxylic acid groups (broad SMARTS) is 1. The number of halogens is 1. The number of carboxylic acids is 1. The predicted octanol–water partition coefficient (Wildman–Crippen LogP) is 2.61. The lowest BCUT2D eigenvalue weighted by Gasteiger charge is -2.20. The SMILES string of the molecule is O=C(NCC(C(=O)O)C(O)c1ccc(Br)cc1)c1ccccc1. The molecule has 0 bridgehead atoms. The molecule has 0 saturated carbocycles. The van der Waals surface area contributed by atoms with Crippen LogP contribution in [0.3, 0.4) is 0 Å². The molecule has 2 rings (SSSR count). The summed E-state index contributed by atoms with van der Waals surface area (Å²) in [6.45, 7) is -0.166. The van der Waals surface area contributed by atoms with Crippen molar-refractivity contribution in [3.05, 3.63) is 70.2 Å². The first-order valence-electron chi connectivity index (χ1n) is 6.98. The summed E-state index contributed by atoms with van der Waals surface area (Å²) in [5.41, 5.74) is 0.921. The lowest BCUT2D eigenvalue weighted by molar-refractivity contribution is -0.145. The number of benzene rings is 2. The maximum Gasteiger partial charge on any atom is 0.311 e. The number of rotatable bonds is 6. The van der Waals surface area contributed by atoms with E-state index in [4.69, 9.17) is 0 Å². The van der Waals surface area contributed by atoms with Gasteiger partial charge >= 0.3 is 5.97 Å². The maximum absolute atomic E-state index is 12.0. The van der Waals surface area contributed by atoms with Gasteiger partial charge in [-0.15, -0.1) is 0 Å². The number of nitrogens with one attached hydrogen (secondary N) is 1. The highest BCUT2D eigenvalue weighted by Gasteiger charge is 2.28. The zero-order valence-corrected chi connectivity index (χ0v) is 13.7. The Morgan fingerprint density at radius 1 is 1.04 bits per heavy atom. The van der Waals surface area contributed by atoms with Gasteiger partial charge in [-0.3, -0.25) is 9.59 Å². The van der Waals surface area contributed by atoms with Crippen molar-refractivity contribution in [2.24, 2.45) is 5.92 Å². The van der Waals surface area contributed by atoms with Gasteiger partial charge < -0.3 is 15.5 Å². The molecule has 0 aliphatic carbocycles. The first-order chi connectivity index (χ1) is 11.0. The second kappa shape index (κ2) is 7.89. The quantitative estimate of drug-likeness (QED) is 0.721. The van der Waals surface area contributed by atoms with E-state index in [-0.39, 0.29) is 12.5 Å². The summed E-state index contributed by atoms with van der Waals surface area (Å²) in [5.74, 6) is -2.68. The lowest BCUT2D eigenvalue weighted by atomic mass is 9.95. The summed E-state index contributed by atoms with van der Waals surface area (Å²) in [5, 5.41) is 22.2. The number of aliphatic hydroxyl groups excluding tert-OH is 1. The first-order valence-corrected chi connectivity index (χ1v) is 7.78. The number of carbonyl (C=O) groups is 2. The molecule has 1 amide bonds. The van der Waals surface area contributed by atoms with Crippen LogP contribution in [0.1, 0.15) is 22.0 Å². The van der Waals surface area contributed by atoms with E-state index in [0.717, 1.165) is 4.47 Å². The Bertz CT molecular complexity index is 673. The van der Waals surface area contributed by atoms with E-state index < -0.39 is 18.0 Å². The largest absolute Gasteiger partial charge is 0.481 e. The molecule has 0 aliphatic rings. The molecule has 0 fully saturated rings. The molecular weight excluding hydrogens is 362 g/mol. The van der Waals surface area contributed by atoms with Crippen molar-refractivity contribution < 1.29 is 19.8 Å². The summed E-state index contributed by atoms with van der Waals surface area (Å²) >= 11 is 3.28. The van der Waals surface area contributed by atoms with Gasteiger partial charge in [0.2, 0.25) is 0 Å². The van der Waals surface area contributed by atoms with E-state index in [2.05, 4.69) is 21.2 Å². The van der Waals surface area contributed by atoms with Gasteiger partial charge in [-0.05, 0) is 29.8 Å². The van der Waals surface area contributed by atoms with Crippen LogP contribution in [0.5, 0.6) is 0 Å². The number of amides is 1. The Balaban J connectivity index is 2.05. The van der Waals surface area contributed by atoms with E-state index in [9.17, 15) is 19.8 Å². The molecule has 3 N–H and O–H groups in total. The van der Waals surface area contributed by atoms with Gasteiger partial charge in [-0.1, -0.05) is 46.3 Å². The van der Waals surface area contributed by atoms with Crippen molar-refractivity contribution in [2.45, 2.75) is 6.10 Å². The summed E-state index contributed by atoms with van der Waals surface area (Å²) in [7, 11) is 0. The zero-order valence-electron chi connectivity index (χ0n) is 12.1. The van der Waals surface area contributed by atoms with Crippen LogP contribution in [0.4, 0.5) is 0 Å². The molecule has 2 atom stereocenters. The fraction of sp³-hybridized carbons (Fsp3) is 0.176. The van der Waals surface area contributed by atoms with E-state index in [1.54, 1.807) is 54.6 Å². The molecule has 120 valence electrons. The molecule has 0 aromatic heterocycles. The molecule has 23 heavy (non-hydrogen) atoms. The molecule has 2 aromatic rings. The number of carbonyl (C=O) groups excluding carboxylic acids is 1. The van der Waals surface area contributed by atoms with Gasteiger partial charge in [0.15, 0.2) is 0 Å². The average molecular weight is 378 g/mol. The van der Waals surface area contributed by atoms with Gasteiger partial charge in [0.05, 0.1) is 6.10 Å².